The molecular formula is C15H18N2O3. The number of benzene rings is 1. The molecule has 0 unspecified atom stereocenters. The number of aromatic nitrogens is 2. The highest BCUT2D eigenvalue weighted by molar-refractivity contribution is 5.89. The Balaban J connectivity index is 2.18. The fourth-order valence-corrected chi connectivity index (χ4v) is 2.00. The van der Waals surface area contributed by atoms with Gasteiger partial charge in [-0.3, -0.25) is 9.13 Å². The van der Waals surface area contributed by atoms with Crippen molar-refractivity contribution in [2.45, 2.75) is 26.4 Å². The van der Waals surface area contributed by atoms with Gasteiger partial charge in [-0.15, -0.1) is 0 Å². The number of imidazole rings is 1. The standard InChI is InChI=1S/C15H18N2O3/c1-11(2)17-9-8-16(15(17)19)10-12-4-6-13(7-5-12)14(18)20-3/h4-9,11H,10H2,1-3H3. The molecule has 0 aliphatic heterocycles. The first-order chi connectivity index (χ1) is 9.52. The summed E-state index contributed by atoms with van der Waals surface area (Å²) in [5.41, 5.74) is 1.43. The first-order valence-electron chi connectivity index (χ1n) is 6.47. The van der Waals surface area contributed by atoms with Crippen molar-refractivity contribution in [1.29, 1.82) is 0 Å². The summed E-state index contributed by atoms with van der Waals surface area (Å²) < 4.78 is 7.98. The summed E-state index contributed by atoms with van der Waals surface area (Å²) in [4.78, 5) is 23.4. The molecule has 0 aliphatic carbocycles. The van der Waals surface area contributed by atoms with Gasteiger partial charge >= 0.3 is 11.7 Å². The van der Waals surface area contributed by atoms with Crippen LogP contribution in [0.3, 0.4) is 0 Å². The van der Waals surface area contributed by atoms with E-state index in [1.54, 1.807) is 33.7 Å². The number of hydrogen-bond acceptors (Lipinski definition) is 3. The quantitative estimate of drug-likeness (QED) is 0.802. The van der Waals surface area contributed by atoms with E-state index in [1.807, 2.05) is 26.0 Å². The van der Waals surface area contributed by atoms with Gasteiger partial charge in [0.05, 0.1) is 19.2 Å². The van der Waals surface area contributed by atoms with E-state index in [0.717, 1.165) is 5.56 Å². The molecule has 0 atom stereocenters. The number of methoxy groups -OCH3 is 1. The van der Waals surface area contributed by atoms with Crippen LogP contribution in [0.25, 0.3) is 0 Å². The number of ether oxygens (including phenoxy) is 1. The Kier molecular flexibility index (Phi) is 4.08. The van der Waals surface area contributed by atoms with Crippen LogP contribution in [0.1, 0.15) is 35.8 Å². The predicted molar refractivity (Wildman–Crippen MR) is 76.0 cm³/mol. The van der Waals surface area contributed by atoms with Gasteiger partial charge in [0.25, 0.3) is 0 Å². The highest BCUT2D eigenvalue weighted by Gasteiger charge is 2.08. The van der Waals surface area contributed by atoms with Gasteiger partial charge in [-0.25, -0.2) is 9.59 Å². The van der Waals surface area contributed by atoms with E-state index in [4.69, 9.17) is 0 Å². The van der Waals surface area contributed by atoms with Crippen molar-refractivity contribution < 1.29 is 9.53 Å². The molecule has 1 aromatic carbocycles. The van der Waals surface area contributed by atoms with Crippen LogP contribution in [0, 0.1) is 0 Å². The van der Waals surface area contributed by atoms with Crippen LogP contribution in [0.2, 0.25) is 0 Å². The maximum atomic E-state index is 12.1. The molecule has 0 radical (unpaired) electrons. The zero-order chi connectivity index (χ0) is 14.7. The smallest absolute Gasteiger partial charge is 0.337 e. The molecule has 0 saturated heterocycles. The Hall–Kier alpha value is -2.30. The number of carbonyl (C=O) groups excluding carboxylic acids is 1. The molecule has 5 heteroatoms. The van der Waals surface area contributed by atoms with Crippen LogP contribution >= 0.6 is 0 Å². The molecule has 2 rings (SSSR count). The lowest BCUT2D eigenvalue weighted by Crippen LogP contribution is -2.25. The van der Waals surface area contributed by atoms with Crippen molar-refractivity contribution in [1.82, 2.24) is 9.13 Å². The normalized spacial score (nSPS) is 10.8. The van der Waals surface area contributed by atoms with Crippen LogP contribution in [0.15, 0.2) is 41.5 Å². The lowest BCUT2D eigenvalue weighted by Gasteiger charge is -2.06. The summed E-state index contributed by atoms with van der Waals surface area (Å²) in [5.74, 6) is -0.361. The van der Waals surface area contributed by atoms with Gasteiger partial charge in [0.15, 0.2) is 0 Å². The molecule has 0 spiro atoms. The third-order valence-electron chi connectivity index (χ3n) is 3.16. The summed E-state index contributed by atoms with van der Waals surface area (Å²) in [5, 5.41) is 0. The Morgan fingerprint density at radius 3 is 2.35 bits per heavy atom. The SMILES string of the molecule is COC(=O)c1ccc(Cn2ccn(C(C)C)c2=O)cc1. The molecule has 0 fully saturated rings. The van der Waals surface area contributed by atoms with Crippen LogP contribution in [-0.2, 0) is 11.3 Å². The summed E-state index contributed by atoms with van der Waals surface area (Å²) in [7, 11) is 1.35. The van der Waals surface area contributed by atoms with Crippen molar-refractivity contribution in [3.63, 3.8) is 0 Å². The van der Waals surface area contributed by atoms with Gasteiger partial charge in [0.1, 0.15) is 0 Å². The van der Waals surface area contributed by atoms with Crippen molar-refractivity contribution in [3.05, 3.63) is 58.3 Å². The van der Waals surface area contributed by atoms with Crippen LogP contribution in [0.4, 0.5) is 0 Å². The highest BCUT2D eigenvalue weighted by Crippen LogP contribution is 2.07. The van der Waals surface area contributed by atoms with E-state index >= 15 is 0 Å². The van der Waals surface area contributed by atoms with Gasteiger partial charge in [0, 0.05) is 18.4 Å². The largest absolute Gasteiger partial charge is 0.465 e. The lowest BCUT2D eigenvalue weighted by atomic mass is 10.1. The third-order valence-corrected chi connectivity index (χ3v) is 3.16. The predicted octanol–water partition coefficient (Wildman–Crippen LogP) is 2.07. The van der Waals surface area contributed by atoms with Crippen molar-refractivity contribution in [3.8, 4) is 0 Å². The van der Waals surface area contributed by atoms with E-state index in [9.17, 15) is 9.59 Å². The summed E-state index contributed by atoms with van der Waals surface area (Å²) >= 11 is 0. The van der Waals surface area contributed by atoms with E-state index in [-0.39, 0.29) is 17.7 Å². The Labute approximate surface area is 117 Å². The molecule has 20 heavy (non-hydrogen) atoms. The maximum Gasteiger partial charge on any atom is 0.337 e. The van der Waals surface area contributed by atoms with Crippen LogP contribution in [-0.4, -0.2) is 22.2 Å². The number of nitrogens with zero attached hydrogens (tertiary/aromatic N) is 2. The number of hydrogen-bond donors (Lipinski definition) is 0. The second kappa shape index (κ2) is 5.77. The molecular weight excluding hydrogens is 256 g/mol. The fraction of sp³-hybridized carbons (Fsp3) is 0.333. The molecule has 0 saturated carbocycles. The Bertz CT molecular complexity index is 651. The van der Waals surface area contributed by atoms with Crippen molar-refractivity contribution in [2.75, 3.05) is 7.11 Å². The highest BCUT2D eigenvalue weighted by atomic mass is 16.5. The van der Waals surface area contributed by atoms with E-state index in [1.165, 1.54) is 7.11 Å². The summed E-state index contributed by atoms with van der Waals surface area (Å²) in [6, 6.07) is 7.19. The molecule has 0 N–H and O–H groups in total. The van der Waals surface area contributed by atoms with E-state index < -0.39 is 0 Å². The number of carbonyl (C=O) groups is 1. The van der Waals surface area contributed by atoms with E-state index in [0.29, 0.717) is 12.1 Å². The van der Waals surface area contributed by atoms with Gasteiger partial charge in [-0.2, -0.15) is 0 Å². The molecule has 1 aromatic heterocycles. The minimum Gasteiger partial charge on any atom is -0.465 e. The second-order valence-corrected chi connectivity index (χ2v) is 4.90. The summed E-state index contributed by atoms with van der Waals surface area (Å²) in [6.45, 7) is 4.42. The monoisotopic (exact) mass is 274 g/mol. The lowest BCUT2D eigenvalue weighted by molar-refractivity contribution is 0.0600. The molecule has 0 amide bonds. The van der Waals surface area contributed by atoms with Gasteiger partial charge in [0.2, 0.25) is 0 Å². The first-order valence-corrected chi connectivity index (χ1v) is 6.47. The zero-order valence-electron chi connectivity index (χ0n) is 11.9. The van der Waals surface area contributed by atoms with Gasteiger partial charge < -0.3 is 4.74 Å². The molecule has 0 bridgehead atoms. The molecule has 1 heterocycles. The summed E-state index contributed by atoms with van der Waals surface area (Å²) in [6.07, 6.45) is 3.56. The second-order valence-electron chi connectivity index (χ2n) is 4.90. The zero-order valence-corrected chi connectivity index (χ0v) is 11.9. The number of esters is 1. The maximum absolute atomic E-state index is 12.1. The van der Waals surface area contributed by atoms with Gasteiger partial charge in [-0.1, -0.05) is 12.1 Å². The molecule has 0 aliphatic rings. The van der Waals surface area contributed by atoms with Gasteiger partial charge in [-0.05, 0) is 31.5 Å². The average molecular weight is 274 g/mol. The van der Waals surface area contributed by atoms with Crippen molar-refractivity contribution >= 4 is 5.97 Å². The van der Waals surface area contributed by atoms with Crippen LogP contribution < -0.4 is 5.69 Å². The molecule has 5 nitrogen and oxygen atoms in total. The number of rotatable bonds is 4. The third kappa shape index (κ3) is 2.82. The molecule has 106 valence electrons. The first kappa shape index (κ1) is 14.1. The molecule has 2 aromatic rings. The Morgan fingerprint density at radius 1 is 1.20 bits per heavy atom. The van der Waals surface area contributed by atoms with Crippen LogP contribution in [0.5, 0.6) is 0 Å². The minimum absolute atomic E-state index is 0.0305. The topological polar surface area (TPSA) is 53.2 Å². The van der Waals surface area contributed by atoms with E-state index in [2.05, 4.69) is 4.74 Å². The average Bonchev–Trinajstić information content (AvgIpc) is 2.80. The minimum atomic E-state index is -0.361. The Morgan fingerprint density at radius 2 is 1.85 bits per heavy atom. The van der Waals surface area contributed by atoms with Crippen molar-refractivity contribution in [2.24, 2.45) is 0 Å². The fourth-order valence-electron chi connectivity index (χ4n) is 2.00.